The molecule has 14 heavy (non-hydrogen) atoms. The summed E-state index contributed by atoms with van der Waals surface area (Å²) in [5, 5.41) is 11.9. The van der Waals surface area contributed by atoms with Crippen LogP contribution in [0.3, 0.4) is 0 Å². The maximum atomic E-state index is 8.91. The van der Waals surface area contributed by atoms with Gasteiger partial charge in [-0.2, -0.15) is 0 Å². The summed E-state index contributed by atoms with van der Waals surface area (Å²) >= 11 is 0. The van der Waals surface area contributed by atoms with Crippen LogP contribution in [0, 0.1) is 11.8 Å². The molecule has 0 aromatic heterocycles. The summed E-state index contributed by atoms with van der Waals surface area (Å²) in [5.41, 5.74) is 1.87. The van der Waals surface area contributed by atoms with Crippen LogP contribution in [0.2, 0.25) is 0 Å². The molecule has 0 saturated heterocycles. The molecule has 0 aliphatic carbocycles. The molecule has 0 amide bonds. The minimum atomic E-state index is 0.0754. The Labute approximate surface area is 85.0 Å². The first kappa shape index (κ1) is 10.8. The second-order valence-corrected chi connectivity index (χ2v) is 3.01. The highest BCUT2D eigenvalue weighted by atomic mass is 16.3. The van der Waals surface area contributed by atoms with E-state index in [1.807, 2.05) is 31.3 Å². The Bertz CT molecular complexity index is 336. The molecular weight excluding hydrogens is 174 g/mol. The molecule has 0 spiro atoms. The normalized spacial score (nSPS) is 9.29. The minimum Gasteiger partial charge on any atom is -0.392 e. The Hall–Kier alpha value is -1.30. The average Bonchev–Trinajstić information content (AvgIpc) is 2.25. The van der Waals surface area contributed by atoms with Crippen LogP contribution in [-0.2, 0) is 6.61 Å². The molecule has 2 nitrogen and oxygen atoms in total. The van der Waals surface area contributed by atoms with Crippen LogP contribution in [0.4, 0.5) is 0 Å². The summed E-state index contributed by atoms with van der Waals surface area (Å²) in [6, 6.07) is 7.66. The quantitative estimate of drug-likeness (QED) is 0.552. The van der Waals surface area contributed by atoms with E-state index in [9.17, 15) is 0 Å². The predicted molar refractivity (Wildman–Crippen MR) is 57.8 cm³/mol. The van der Waals surface area contributed by atoms with Gasteiger partial charge >= 0.3 is 0 Å². The van der Waals surface area contributed by atoms with Crippen molar-refractivity contribution in [2.24, 2.45) is 0 Å². The minimum absolute atomic E-state index is 0.0754. The second-order valence-electron chi connectivity index (χ2n) is 3.01. The van der Waals surface area contributed by atoms with Crippen LogP contribution in [0.25, 0.3) is 0 Å². The molecule has 2 N–H and O–H groups in total. The lowest BCUT2D eigenvalue weighted by atomic mass is 10.1. The van der Waals surface area contributed by atoms with Gasteiger partial charge in [-0.3, -0.25) is 0 Å². The van der Waals surface area contributed by atoms with E-state index in [0.717, 1.165) is 24.1 Å². The van der Waals surface area contributed by atoms with Crippen LogP contribution >= 0.6 is 0 Å². The van der Waals surface area contributed by atoms with E-state index in [2.05, 4.69) is 17.2 Å². The summed E-state index contributed by atoms with van der Waals surface area (Å²) in [5.74, 6) is 6.11. The zero-order chi connectivity index (χ0) is 10.2. The largest absolute Gasteiger partial charge is 0.392 e. The lowest BCUT2D eigenvalue weighted by molar-refractivity contribution is 0.282. The van der Waals surface area contributed by atoms with Gasteiger partial charge in [0.25, 0.3) is 0 Å². The fourth-order valence-corrected chi connectivity index (χ4v) is 1.10. The van der Waals surface area contributed by atoms with E-state index in [1.54, 1.807) is 0 Å². The van der Waals surface area contributed by atoms with Crippen LogP contribution in [-0.4, -0.2) is 18.7 Å². The average molecular weight is 189 g/mol. The van der Waals surface area contributed by atoms with Crippen LogP contribution in [0.1, 0.15) is 17.5 Å². The third-order valence-electron chi connectivity index (χ3n) is 1.84. The SMILES string of the molecule is CNCCC#Cc1cccc(CO)c1. The topological polar surface area (TPSA) is 32.3 Å². The molecule has 0 saturated carbocycles. The Morgan fingerprint density at radius 1 is 1.43 bits per heavy atom. The highest BCUT2D eigenvalue weighted by Gasteiger charge is 1.90. The molecule has 0 radical (unpaired) electrons. The molecule has 0 aliphatic rings. The van der Waals surface area contributed by atoms with Gasteiger partial charge in [-0.1, -0.05) is 24.0 Å². The van der Waals surface area contributed by atoms with Crippen LogP contribution in [0.15, 0.2) is 24.3 Å². The predicted octanol–water partition coefficient (Wildman–Crippen LogP) is 1.14. The lowest BCUT2D eigenvalue weighted by Crippen LogP contribution is -2.05. The molecule has 2 heteroatoms. The van der Waals surface area contributed by atoms with Gasteiger partial charge in [-0.15, -0.1) is 0 Å². The Kier molecular flexibility index (Phi) is 4.77. The second kappa shape index (κ2) is 6.20. The zero-order valence-electron chi connectivity index (χ0n) is 8.38. The van der Waals surface area contributed by atoms with Gasteiger partial charge in [0, 0.05) is 18.5 Å². The summed E-state index contributed by atoms with van der Waals surface area (Å²) in [6.45, 7) is 0.985. The van der Waals surface area contributed by atoms with Crippen LogP contribution in [0.5, 0.6) is 0 Å². The van der Waals surface area contributed by atoms with Gasteiger partial charge in [0.15, 0.2) is 0 Å². The van der Waals surface area contributed by atoms with Crippen molar-refractivity contribution in [2.45, 2.75) is 13.0 Å². The molecule has 0 bridgehead atoms. The fourth-order valence-electron chi connectivity index (χ4n) is 1.10. The Morgan fingerprint density at radius 2 is 2.29 bits per heavy atom. The fraction of sp³-hybridized carbons (Fsp3) is 0.333. The highest BCUT2D eigenvalue weighted by Crippen LogP contribution is 2.03. The van der Waals surface area contributed by atoms with Gasteiger partial charge in [0.1, 0.15) is 0 Å². The standard InChI is InChI=1S/C12H15NO/c1-13-8-3-2-5-11-6-4-7-12(9-11)10-14/h4,6-7,9,13-14H,3,8,10H2,1H3. The first-order valence-corrected chi connectivity index (χ1v) is 4.70. The molecule has 1 rings (SSSR count). The van der Waals surface area contributed by atoms with Gasteiger partial charge < -0.3 is 10.4 Å². The summed E-state index contributed by atoms with van der Waals surface area (Å²) in [4.78, 5) is 0. The first-order chi connectivity index (χ1) is 6.86. The third kappa shape index (κ3) is 3.61. The van der Waals surface area contributed by atoms with Crippen molar-refractivity contribution >= 4 is 0 Å². The highest BCUT2D eigenvalue weighted by molar-refractivity contribution is 5.36. The lowest BCUT2D eigenvalue weighted by Gasteiger charge is -1.95. The van der Waals surface area contributed by atoms with E-state index in [0.29, 0.717) is 0 Å². The van der Waals surface area contributed by atoms with Crippen molar-refractivity contribution in [1.29, 1.82) is 0 Å². The maximum Gasteiger partial charge on any atom is 0.0682 e. The number of nitrogens with one attached hydrogen (secondary N) is 1. The van der Waals surface area contributed by atoms with E-state index in [4.69, 9.17) is 5.11 Å². The molecule has 74 valence electrons. The molecule has 0 unspecified atom stereocenters. The van der Waals surface area contributed by atoms with Crippen molar-refractivity contribution < 1.29 is 5.11 Å². The first-order valence-electron chi connectivity index (χ1n) is 4.70. The van der Waals surface area contributed by atoms with Gasteiger partial charge in [-0.25, -0.2) is 0 Å². The van der Waals surface area contributed by atoms with Crippen molar-refractivity contribution in [3.05, 3.63) is 35.4 Å². The molecule has 1 aromatic rings. The van der Waals surface area contributed by atoms with Gasteiger partial charge in [-0.05, 0) is 24.7 Å². The van der Waals surface area contributed by atoms with Crippen molar-refractivity contribution in [2.75, 3.05) is 13.6 Å². The summed E-state index contributed by atoms with van der Waals surface area (Å²) in [7, 11) is 1.91. The zero-order valence-corrected chi connectivity index (χ0v) is 8.38. The number of hydrogen-bond donors (Lipinski definition) is 2. The number of hydrogen-bond acceptors (Lipinski definition) is 2. The molecular formula is C12H15NO. The van der Waals surface area contributed by atoms with E-state index >= 15 is 0 Å². The number of benzene rings is 1. The molecule has 1 aromatic carbocycles. The molecule has 0 aliphatic heterocycles. The number of aliphatic hydroxyl groups is 1. The maximum absolute atomic E-state index is 8.91. The summed E-state index contributed by atoms with van der Waals surface area (Å²) < 4.78 is 0. The van der Waals surface area contributed by atoms with Crippen molar-refractivity contribution in [3.8, 4) is 11.8 Å². The smallest absolute Gasteiger partial charge is 0.0682 e. The van der Waals surface area contributed by atoms with Crippen LogP contribution < -0.4 is 5.32 Å². The third-order valence-corrected chi connectivity index (χ3v) is 1.84. The van der Waals surface area contributed by atoms with Crippen molar-refractivity contribution in [1.82, 2.24) is 5.32 Å². The summed E-state index contributed by atoms with van der Waals surface area (Å²) in [6.07, 6.45) is 0.847. The van der Waals surface area contributed by atoms with E-state index in [-0.39, 0.29) is 6.61 Å². The number of aliphatic hydroxyl groups excluding tert-OH is 1. The Balaban J connectivity index is 2.60. The Morgan fingerprint density at radius 3 is 3.00 bits per heavy atom. The molecule has 0 atom stereocenters. The van der Waals surface area contributed by atoms with Gasteiger partial charge in [0.2, 0.25) is 0 Å². The molecule has 0 heterocycles. The monoisotopic (exact) mass is 189 g/mol. The number of rotatable bonds is 3. The molecule has 0 fully saturated rings. The van der Waals surface area contributed by atoms with Crippen molar-refractivity contribution in [3.63, 3.8) is 0 Å². The van der Waals surface area contributed by atoms with Gasteiger partial charge in [0.05, 0.1) is 6.61 Å². The van der Waals surface area contributed by atoms with E-state index < -0.39 is 0 Å². The van der Waals surface area contributed by atoms with E-state index in [1.165, 1.54) is 0 Å².